The summed E-state index contributed by atoms with van der Waals surface area (Å²) in [5.74, 6) is -0.294. The average Bonchev–Trinajstić information content (AvgIpc) is 3.12. The van der Waals surface area contributed by atoms with E-state index >= 15 is 0 Å². The highest BCUT2D eigenvalue weighted by atomic mass is 32.1. The number of halogens is 1. The third-order valence-corrected chi connectivity index (χ3v) is 5.77. The number of aryl methyl sites for hydroxylation is 2. The average molecular weight is 360 g/mol. The van der Waals surface area contributed by atoms with Gasteiger partial charge < -0.3 is 4.52 Å². The molecule has 0 radical (unpaired) electrons. The molecule has 0 amide bonds. The highest BCUT2D eigenvalue weighted by Gasteiger charge is 2.20. The molecular formula is C18H21FN4OS. The molecule has 0 N–H and O–H groups in total. The van der Waals surface area contributed by atoms with Gasteiger partial charge in [0.15, 0.2) is 5.58 Å². The summed E-state index contributed by atoms with van der Waals surface area (Å²) in [4.78, 5) is 10.7. The van der Waals surface area contributed by atoms with E-state index in [9.17, 15) is 4.39 Å². The molecule has 1 aromatic carbocycles. The molecule has 1 aliphatic rings. The quantitative estimate of drug-likeness (QED) is 0.714. The number of benzene rings is 1. The van der Waals surface area contributed by atoms with Gasteiger partial charge in [-0.05, 0) is 26.0 Å². The van der Waals surface area contributed by atoms with Gasteiger partial charge in [-0.15, -0.1) is 11.3 Å². The molecule has 0 spiro atoms. The topological polar surface area (TPSA) is 45.4 Å². The lowest BCUT2D eigenvalue weighted by molar-refractivity contribution is 0.121. The van der Waals surface area contributed by atoms with Crippen molar-refractivity contribution in [2.45, 2.75) is 26.9 Å². The van der Waals surface area contributed by atoms with E-state index in [2.05, 4.69) is 33.8 Å². The second-order valence-electron chi connectivity index (χ2n) is 6.56. The fourth-order valence-corrected chi connectivity index (χ4v) is 4.30. The van der Waals surface area contributed by atoms with Crippen molar-refractivity contribution < 1.29 is 8.91 Å². The number of hydrogen-bond donors (Lipinski definition) is 0. The van der Waals surface area contributed by atoms with E-state index in [-0.39, 0.29) is 5.82 Å². The summed E-state index contributed by atoms with van der Waals surface area (Å²) in [6.45, 7) is 9.92. The Morgan fingerprint density at radius 2 is 1.84 bits per heavy atom. The van der Waals surface area contributed by atoms with Crippen LogP contribution in [0.25, 0.3) is 11.0 Å². The molecule has 5 nitrogen and oxygen atoms in total. The standard InChI is InChI=1S/C18H21FN4OS/c1-12-18(25-13(2)20-12)11-23-7-5-22(6-8-23)10-16-15-4-3-14(19)9-17(15)24-21-16/h3-4,9H,5-8,10-11H2,1-2H3. The molecule has 2 aromatic heterocycles. The lowest BCUT2D eigenvalue weighted by atomic mass is 10.2. The smallest absolute Gasteiger partial charge is 0.170 e. The predicted octanol–water partition coefficient (Wildman–Crippen LogP) is 3.36. The Balaban J connectivity index is 1.36. The summed E-state index contributed by atoms with van der Waals surface area (Å²) >= 11 is 1.80. The van der Waals surface area contributed by atoms with Crippen molar-refractivity contribution >= 4 is 22.3 Å². The van der Waals surface area contributed by atoms with Crippen molar-refractivity contribution in [3.05, 3.63) is 45.3 Å². The van der Waals surface area contributed by atoms with Gasteiger partial charge in [0, 0.05) is 55.6 Å². The first-order valence-corrected chi connectivity index (χ1v) is 9.31. The molecule has 25 heavy (non-hydrogen) atoms. The zero-order valence-corrected chi connectivity index (χ0v) is 15.3. The second-order valence-corrected chi connectivity index (χ2v) is 7.85. The van der Waals surface area contributed by atoms with Crippen molar-refractivity contribution in [2.24, 2.45) is 0 Å². The Bertz CT molecular complexity index is 882. The highest BCUT2D eigenvalue weighted by molar-refractivity contribution is 7.11. The van der Waals surface area contributed by atoms with E-state index < -0.39 is 0 Å². The van der Waals surface area contributed by atoms with E-state index in [4.69, 9.17) is 4.52 Å². The Morgan fingerprint density at radius 1 is 1.12 bits per heavy atom. The largest absolute Gasteiger partial charge is 0.356 e. The van der Waals surface area contributed by atoms with Crippen LogP contribution in [0.1, 0.15) is 21.3 Å². The monoisotopic (exact) mass is 360 g/mol. The molecule has 132 valence electrons. The lowest BCUT2D eigenvalue weighted by Crippen LogP contribution is -2.45. The van der Waals surface area contributed by atoms with Gasteiger partial charge in [0.2, 0.25) is 0 Å². The molecule has 1 aliphatic heterocycles. The normalized spacial score (nSPS) is 16.8. The van der Waals surface area contributed by atoms with Crippen LogP contribution in [-0.4, -0.2) is 46.1 Å². The first-order valence-electron chi connectivity index (χ1n) is 8.50. The summed E-state index contributed by atoms with van der Waals surface area (Å²) in [5, 5.41) is 6.17. The number of hydrogen-bond acceptors (Lipinski definition) is 6. The molecule has 3 heterocycles. The van der Waals surface area contributed by atoms with E-state index in [0.29, 0.717) is 5.58 Å². The number of piperazine rings is 1. The van der Waals surface area contributed by atoms with E-state index in [1.807, 2.05) is 0 Å². The van der Waals surface area contributed by atoms with Crippen LogP contribution < -0.4 is 0 Å². The molecule has 1 fully saturated rings. The second kappa shape index (κ2) is 6.82. The first kappa shape index (κ1) is 16.6. The van der Waals surface area contributed by atoms with E-state index in [1.54, 1.807) is 17.4 Å². The van der Waals surface area contributed by atoms with Gasteiger partial charge in [0.1, 0.15) is 11.5 Å². The maximum Gasteiger partial charge on any atom is 0.170 e. The minimum atomic E-state index is -0.294. The molecule has 7 heteroatoms. The number of nitrogens with zero attached hydrogens (tertiary/aromatic N) is 4. The van der Waals surface area contributed by atoms with Crippen LogP contribution in [0.5, 0.6) is 0 Å². The van der Waals surface area contributed by atoms with Crippen molar-refractivity contribution in [3.63, 3.8) is 0 Å². The van der Waals surface area contributed by atoms with Crippen LogP contribution >= 0.6 is 11.3 Å². The zero-order valence-electron chi connectivity index (χ0n) is 14.5. The minimum absolute atomic E-state index is 0.294. The van der Waals surface area contributed by atoms with E-state index in [0.717, 1.165) is 61.1 Å². The van der Waals surface area contributed by atoms with Gasteiger partial charge in [-0.25, -0.2) is 9.37 Å². The molecule has 0 unspecified atom stereocenters. The van der Waals surface area contributed by atoms with Gasteiger partial charge in [-0.1, -0.05) is 5.16 Å². The molecule has 4 rings (SSSR count). The van der Waals surface area contributed by atoms with Gasteiger partial charge in [0.05, 0.1) is 10.7 Å². The summed E-state index contributed by atoms with van der Waals surface area (Å²) in [7, 11) is 0. The third kappa shape index (κ3) is 3.58. The van der Waals surface area contributed by atoms with Crippen LogP contribution in [0, 0.1) is 19.7 Å². The van der Waals surface area contributed by atoms with Gasteiger partial charge >= 0.3 is 0 Å². The Morgan fingerprint density at radius 3 is 2.52 bits per heavy atom. The number of aromatic nitrogens is 2. The molecule has 0 atom stereocenters. The Kier molecular flexibility index (Phi) is 4.54. The lowest BCUT2D eigenvalue weighted by Gasteiger charge is -2.34. The summed E-state index contributed by atoms with van der Waals surface area (Å²) < 4.78 is 18.5. The van der Waals surface area contributed by atoms with Gasteiger partial charge in [-0.2, -0.15) is 0 Å². The van der Waals surface area contributed by atoms with Crippen molar-refractivity contribution in [2.75, 3.05) is 26.2 Å². The predicted molar refractivity (Wildman–Crippen MR) is 96.1 cm³/mol. The van der Waals surface area contributed by atoms with Crippen molar-refractivity contribution in [1.29, 1.82) is 0 Å². The third-order valence-electron chi connectivity index (χ3n) is 4.71. The van der Waals surface area contributed by atoms with Crippen molar-refractivity contribution in [3.8, 4) is 0 Å². The molecule has 0 aliphatic carbocycles. The maximum absolute atomic E-state index is 13.2. The molecule has 3 aromatic rings. The van der Waals surface area contributed by atoms with Crippen LogP contribution in [0.2, 0.25) is 0 Å². The van der Waals surface area contributed by atoms with Crippen molar-refractivity contribution in [1.82, 2.24) is 19.9 Å². The van der Waals surface area contributed by atoms with E-state index in [1.165, 1.54) is 17.0 Å². The maximum atomic E-state index is 13.2. The SMILES string of the molecule is Cc1nc(C)c(CN2CCN(Cc3noc4cc(F)ccc34)CC2)s1. The minimum Gasteiger partial charge on any atom is -0.356 e. The van der Waals surface area contributed by atoms with Gasteiger partial charge in [-0.3, -0.25) is 9.80 Å². The molecule has 1 saturated heterocycles. The Labute approximate surface area is 150 Å². The molecular weight excluding hydrogens is 339 g/mol. The van der Waals surface area contributed by atoms with Crippen LogP contribution in [0.15, 0.2) is 22.7 Å². The molecule has 0 saturated carbocycles. The molecule has 0 bridgehead atoms. The number of rotatable bonds is 4. The first-order chi connectivity index (χ1) is 12.1. The Hall–Kier alpha value is -1.83. The fourth-order valence-electron chi connectivity index (χ4n) is 3.32. The summed E-state index contributed by atoms with van der Waals surface area (Å²) in [5.41, 5.74) is 2.56. The fraction of sp³-hybridized carbons (Fsp3) is 0.444. The summed E-state index contributed by atoms with van der Waals surface area (Å²) in [6.07, 6.45) is 0. The zero-order chi connectivity index (χ0) is 17.4. The van der Waals surface area contributed by atoms with Crippen LogP contribution in [-0.2, 0) is 13.1 Å². The highest BCUT2D eigenvalue weighted by Crippen LogP contribution is 2.22. The van der Waals surface area contributed by atoms with Gasteiger partial charge in [0.25, 0.3) is 0 Å². The number of thiazole rings is 1. The number of fused-ring (bicyclic) bond motifs is 1. The van der Waals surface area contributed by atoms with Crippen LogP contribution in [0.3, 0.4) is 0 Å². The summed E-state index contributed by atoms with van der Waals surface area (Å²) in [6, 6.07) is 4.60. The van der Waals surface area contributed by atoms with Crippen LogP contribution in [0.4, 0.5) is 4.39 Å².